The second-order valence-electron chi connectivity index (χ2n) is 8.63. The van der Waals surface area contributed by atoms with Gasteiger partial charge in [0.1, 0.15) is 5.82 Å². The van der Waals surface area contributed by atoms with Crippen LogP contribution in [0, 0.1) is 11.2 Å². The molecule has 5 nitrogen and oxygen atoms in total. The van der Waals surface area contributed by atoms with E-state index in [1.54, 1.807) is 6.07 Å². The number of hydrogen-bond acceptors (Lipinski definition) is 3. The Bertz CT molecular complexity index is 713. The van der Waals surface area contributed by atoms with Crippen molar-refractivity contribution in [2.75, 3.05) is 57.8 Å². The van der Waals surface area contributed by atoms with Crippen LogP contribution in [0.4, 0.5) is 10.1 Å². The Kier molecular flexibility index (Phi) is 7.64. The number of halogens is 2. The highest BCUT2D eigenvalue weighted by Crippen LogP contribution is 2.47. The van der Waals surface area contributed by atoms with Crippen LogP contribution in [0.2, 0.25) is 0 Å². The number of nitrogens with zero attached hydrogens (tertiary/aromatic N) is 4. The van der Waals surface area contributed by atoms with Crippen LogP contribution in [0.15, 0.2) is 23.2 Å². The highest BCUT2D eigenvalue weighted by atomic mass is 127. The van der Waals surface area contributed by atoms with Gasteiger partial charge >= 0.3 is 0 Å². The Balaban J connectivity index is 0.00000240. The highest BCUT2D eigenvalue weighted by molar-refractivity contribution is 14.0. The third-order valence-electron chi connectivity index (χ3n) is 6.99. The highest BCUT2D eigenvalue weighted by Gasteiger charge is 2.43. The van der Waals surface area contributed by atoms with Gasteiger partial charge in [-0.25, -0.2) is 4.39 Å². The van der Waals surface area contributed by atoms with E-state index in [1.807, 2.05) is 19.2 Å². The first-order valence-corrected chi connectivity index (χ1v) is 10.8. The maximum absolute atomic E-state index is 14.8. The Morgan fingerprint density at radius 2 is 1.90 bits per heavy atom. The van der Waals surface area contributed by atoms with Crippen LogP contribution in [0.1, 0.15) is 38.2 Å². The normalized spacial score (nSPS) is 21.8. The topological polar surface area (TPSA) is 34.1 Å². The fraction of sp³-hybridized carbons (Fsp3) is 0.682. The van der Waals surface area contributed by atoms with Gasteiger partial charge in [-0.05, 0) is 48.9 Å². The Morgan fingerprint density at radius 3 is 2.45 bits per heavy atom. The molecule has 2 saturated heterocycles. The average Bonchev–Trinajstić information content (AvgIpc) is 3.15. The largest absolute Gasteiger partial charge is 0.367 e. The van der Waals surface area contributed by atoms with Crippen molar-refractivity contribution in [3.8, 4) is 0 Å². The molecule has 0 amide bonds. The van der Waals surface area contributed by atoms with Crippen LogP contribution in [0.25, 0.3) is 0 Å². The first kappa shape index (κ1) is 22.6. The minimum atomic E-state index is -0.117. The van der Waals surface area contributed by atoms with Crippen molar-refractivity contribution < 1.29 is 4.39 Å². The van der Waals surface area contributed by atoms with E-state index in [1.165, 1.54) is 25.7 Å². The van der Waals surface area contributed by atoms with E-state index < -0.39 is 0 Å². The number of rotatable bonds is 4. The summed E-state index contributed by atoms with van der Waals surface area (Å²) >= 11 is 0. The van der Waals surface area contributed by atoms with Crippen LogP contribution in [0.3, 0.4) is 0 Å². The van der Waals surface area contributed by atoms with Crippen LogP contribution in [0.5, 0.6) is 0 Å². The van der Waals surface area contributed by atoms with E-state index in [2.05, 4.69) is 31.9 Å². The first-order chi connectivity index (χ1) is 13.6. The van der Waals surface area contributed by atoms with E-state index in [-0.39, 0.29) is 29.8 Å². The van der Waals surface area contributed by atoms with Crippen molar-refractivity contribution in [2.24, 2.45) is 10.4 Å². The van der Waals surface area contributed by atoms with Gasteiger partial charge in [0.15, 0.2) is 5.96 Å². The van der Waals surface area contributed by atoms with E-state index in [0.29, 0.717) is 12.0 Å². The molecular weight excluding hydrogens is 480 g/mol. The van der Waals surface area contributed by atoms with Crippen molar-refractivity contribution in [2.45, 2.75) is 39.2 Å². The number of likely N-dealkylation sites (tertiary alicyclic amines) is 1. The minimum Gasteiger partial charge on any atom is -0.367 e. The zero-order valence-electron chi connectivity index (χ0n) is 17.8. The molecule has 1 aromatic rings. The SMILES string of the molecule is CCN1CCN(c2ccc(CNC(=NC)N3CCC4(CCC4)C3)cc2F)CC1.I. The van der Waals surface area contributed by atoms with Crippen molar-refractivity contribution in [1.82, 2.24) is 15.1 Å². The van der Waals surface area contributed by atoms with Gasteiger partial charge in [-0.3, -0.25) is 4.99 Å². The number of guanidine groups is 1. The minimum absolute atomic E-state index is 0. The molecule has 0 aromatic heterocycles. The van der Waals surface area contributed by atoms with E-state index in [0.717, 1.165) is 63.0 Å². The Labute approximate surface area is 191 Å². The second kappa shape index (κ2) is 9.81. The van der Waals surface area contributed by atoms with E-state index >= 15 is 0 Å². The molecule has 0 radical (unpaired) electrons. The zero-order chi connectivity index (χ0) is 19.6. The smallest absolute Gasteiger partial charge is 0.193 e. The molecule has 3 fully saturated rings. The van der Waals surface area contributed by atoms with Crippen molar-refractivity contribution in [3.05, 3.63) is 29.6 Å². The molecule has 0 atom stereocenters. The van der Waals surface area contributed by atoms with Crippen LogP contribution >= 0.6 is 24.0 Å². The number of aliphatic imine (C=N–C) groups is 1. The molecule has 162 valence electrons. The molecular formula is C22H35FIN5. The van der Waals surface area contributed by atoms with Gasteiger partial charge in [0.05, 0.1) is 5.69 Å². The molecule has 0 unspecified atom stereocenters. The Morgan fingerprint density at radius 1 is 1.14 bits per heavy atom. The third kappa shape index (κ3) is 4.98. The van der Waals surface area contributed by atoms with Gasteiger partial charge < -0.3 is 20.0 Å². The lowest BCUT2D eigenvalue weighted by atomic mass is 9.68. The summed E-state index contributed by atoms with van der Waals surface area (Å²) in [6, 6.07) is 5.66. The molecule has 4 rings (SSSR count). The van der Waals surface area contributed by atoms with Crippen LogP contribution < -0.4 is 10.2 Å². The maximum atomic E-state index is 14.8. The van der Waals surface area contributed by atoms with Crippen molar-refractivity contribution >= 4 is 35.6 Å². The fourth-order valence-electron chi connectivity index (χ4n) is 4.94. The Hall–Kier alpha value is -1.09. The van der Waals surface area contributed by atoms with Gasteiger partial charge in [-0.2, -0.15) is 0 Å². The summed E-state index contributed by atoms with van der Waals surface area (Å²) in [6.07, 6.45) is 5.38. The fourth-order valence-corrected chi connectivity index (χ4v) is 4.94. The number of benzene rings is 1. The van der Waals surface area contributed by atoms with E-state index in [9.17, 15) is 4.39 Å². The molecule has 1 aromatic carbocycles. The summed E-state index contributed by atoms with van der Waals surface area (Å²) < 4.78 is 14.8. The summed E-state index contributed by atoms with van der Waals surface area (Å²) in [5, 5.41) is 3.44. The van der Waals surface area contributed by atoms with Gasteiger partial charge in [-0.15, -0.1) is 24.0 Å². The quantitative estimate of drug-likeness (QED) is 0.378. The lowest BCUT2D eigenvalue weighted by molar-refractivity contribution is 0.151. The third-order valence-corrected chi connectivity index (χ3v) is 6.99. The van der Waals surface area contributed by atoms with E-state index in [4.69, 9.17) is 0 Å². The average molecular weight is 515 g/mol. The van der Waals surface area contributed by atoms with Gasteiger partial charge in [0, 0.05) is 52.9 Å². The molecule has 1 N–H and O–H groups in total. The first-order valence-electron chi connectivity index (χ1n) is 10.8. The monoisotopic (exact) mass is 515 g/mol. The van der Waals surface area contributed by atoms with Crippen LogP contribution in [-0.4, -0.2) is 68.6 Å². The van der Waals surface area contributed by atoms with Gasteiger partial charge in [0.25, 0.3) is 0 Å². The van der Waals surface area contributed by atoms with Crippen molar-refractivity contribution in [3.63, 3.8) is 0 Å². The summed E-state index contributed by atoms with van der Waals surface area (Å²) in [4.78, 5) is 11.4. The summed E-state index contributed by atoms with van der Waals surface area (Å²) in [6.45, 7) is 9.86. The van der Waals surface area contributed by atoms with Gasteiger partial charge in [0.2, 0.25) is 0 Å². The predicted octanol–water partition coefficient (Wildman–Crippen LogP) is 3.54. The summed E-state index contributed by atoms with van der Waals surface area (Å²) in [5.74, 6) is 0.831. The standard InChI is InChI=1S/C22H34FN5.HI/c1-3-26-11-13-27(14-12-26)20-6-5-18(15-19(20)23)16-25-21(24-2)28-10-9-22(17-28)7-4-8-22;/h5-6,15H,3-4,7-14,16-17H2,1-2H3,(H,24,25);1H. The summed E-state index contributed by atoms with van der Waals surface area (Å²) in [5.41, 5.74) is 2.25. The predicted molar refractivity (Wildman–Crippen MR) is 129 cm³/mol. The molecule has 3 aliphatic rings. The molecule has 7 heteroatoms. The molecule has 0 bridgehead atoms. The maximum Gasteiger partial charge on any atom is 0.193 e. The summed E-state index contributed by atoms with van der Waals surface area (Å²) in [7, 11) is 1.84. The van der Waals surface area contributed by atoms with Crippen LogP contribution in [-0.2, 0) is 6.54 Å². The molecule has 1 aliphatic carbocycles. The van der Waals surface area contributed by atoms with Crippen molar-refractivity contribution in [1.29, 1.82) is 0 Å². The second-order valence-corrected chi connectivity index (χ2v) is 8.63. The molecule has 1 spiro atoms. The zero-order valence-corrected chi connectivity index (χ0v) is 20.1. The number of piperazine rings is 1. The number of anilines is 1. The molecule has 2 heterocycles. The lowest BCUT2D eigenvalue weighted by Gasteiger charge is -2.38. The number of nitrogens with one attached hydrogen (secondary N) is 1. The molecule has 1 saturated carbocycles. The molecule has 2 aliphatic heterocycles. The lowest BCUT2D eigenvalue weighted by Crippen LogP contribution is -2.46. The number of likely N-dealkylation sites (N-methyl/N-ethyl adjacent to an activating group) is 1. The number of hydrogen-bond donors (Lipinski definition) is 1. The van der Waals surface area contributed by atoms with Gasteiger partial charge in [-0.1, -0.05) is 19.4 Å². The molecule has 29 heavy (non-hydrogen) atoms.